The SMILES string of the molecule is C=CCn1c2c(c3cc(C(=O)N4CCC(C)CC4)ccc31)CN(CC(C)c1ccccc1)CC2. The smallest absolute Gasteiger partial charge is 0.253 e. The minimum atomic E-state index is 0.185. The largest absolute Gasteiger partial charge is 0.340 e. The molecule has 2 aromatic carbocycles. The second-order valence-corrected chi connectivity index (χ2v) is 10.3. The van der Waals surface area contributed by atoms with E-state index >= 15 is 0 Å². The second kappa shape index (κ2) is 9.79. The second-order valence-electron chi connectivity index (χ2n) is 10.3. The van der Waals surface area contributed by atoms with Gasteiger partial charge in [-0.1, -0.05) is 50.3 Å². The maximum Gasteiger partial charge on any atom is 0.253 e. The zero-order valence-corrected chi connectivity index (χ0v) is 20.7. The summed E-state index contributed by atoms with van der Waals surface area (Å²) in [4.78, 5) is 17.9. The molecule has 2 aliphatic heterocycles. The van der Waals surface area contributed by atoms with E-state index in [9.17, 15) is 4.79 Å². The van der Waals surface area contributed by atoms with Crippen LogP contribution in [0.4, 0.5) is 0 Å². The molecule has 1 amide bonds. The van der Waals surface area contributed by atoms with Gasteiger partial charge in [0.25, 0.3) is 5.91 Å². The van der Waals surface area contributed by atoms with Gasteiger partial charge in [-0.15, -0.1) is 6.58 Å². The first kappa shape index (κ1) is 22.9. The summed E-state index contributed by atoms with van der Waals surface area (Å²) in [7, 11) is 0. The molecule has 1 fully saturated rings. The Morgan fingerprint density at radius 2 is 1.88 bits per heavy atom. The van der Waals surface area contributed by atoms with Crippen molar-refractivity contribution in [3.8, 4) is 0 Å². The number of benzene rings is 2. The molecule has 0 N–H and O–H groups in total. The lowest BCUT2D eigenvalue weighted by Crippen LogP contribution is -2.37. The fourth-order valence-electron chi connectivity index (χ4n) is 5.80. The van der Waals surface area contributed by atoms with Crippen LogP contribution in [0.1, 0.15) is 59.8 Å². The van der Waals surface area contributed by atoms with E-state index in [-0.39, 0.29) is 5.91 Å². The van der Waals surface area contributed by atoms with Gasteiger partial charge in [-0.3, -0.25) is 9.69 Å². The predicted molar refractivity (Wildman–Crippen MR) is 140 cm³/mol. The predicted octanol–water partition coefficient (Wildman–Crippen LogP) is 5.86. The van der Waals surface area contributed by atoms with E-state index in [0.29, 0.717) is 5.92 Å². The van der Waals surface area contributed by atoms with E-state index in [4.69, 9.17) is 0 Å². The Labute approximate surface area is 203 Å². The topological polar surface area (TPSA) is 28.5 Å². The number of piperidine rings is 1. The van der Waals surface area contributed by atoms with Crippen LogP contribution >= 0.6 is 0 Å². The molecule has 1 saturated heterocycles. The zero-order valence-electron chi connectivity index (χ0n) is 20.7. The summed E-state index contributed by atoms with van der Waals surface area (Å²) in [5, 5.41) is 1.24. The van der Waals surface area contributed by atoms with Crippen molar-refractivity contribution in [3.63, 3.8) is 0 Å². The number of carbonyl (C=O) groups is 1. The molecule has 0 saturated carbocycles. The highest BCUT2D eigenvalue weighted by molar-refractivity contribution is 5.99. The Kier molecular flexibility index (Phi) is 6.60. The lowest BCUT2D eigenvalue weighted by atomic mass is 9.97. The minimum Gasteiger partial charge on any atom is -0.340 e. The highest BCUT2D eigenvalue weighted by atomic mass is 16.2. The molecule has 3 heterocycles. The average molecular weight is 456 g/mol. The van der Waals surface area contributed by atoms with Crippen molar-refractivity contribution in [1.82, 2.24) is 14.4 Å². The van der Waals surface area contributed by atoms with Crippen LogP contribution in [0.15, 0.2) is 61.2 Å². The van der Waals surface area contributed by atoms with Gasteiger partial charge in [-0.05, 0) is 54.0 Å². The van der Waals surface area contributed by atoms with E-state index in [1.807, 2.05) is 17.0 Å². The Bertz CT molecular complexity index is 1170. The first-order valence-electron chi connectivity index (χ1n) is 12.9. The van der Waals surface area contributed by atoms with Gasteiger partial charge in [0.05, 0.1) is 0 Å². The van der Waals surface area contributed by atoms with Crippen molar-refractivity contribution in [2.45, 2.75) is 52.1 Å². The Morgan fingerprint density at radius 1 is 1.12 bits per heavy atom. The third-order valence-corrected chi connectivity index (χ3v) is 7.86. The van der Waals surface area contributed by atoms with Crippen LogP contribution in [-0.4, -0.2) is 46.5 Å². The van der Waals surface area contributed by atoms with E-state index in [1.54, 1.807) is 0 Å². The molecule has 1 aromatic heterocycles. The summed E-state index contributed by atoms with van der Waals surface area (Å²) in [5.74, 6) is 1.39. The quantitative estimate of drug-likeness (QED) is 0.436. The molecule has 34 heavy (non-hydrogen) atoms. The highest BCUT2D eigenvalue weighted by Gasteiger charge is 2.27. The normalized spacial score (nSPS) is 18.1. The maximum absolute atomic E-state index is 13.3. The summed E-state index contributed by atoms with van der Waals surface area (Å²) < 4.78 is 2.41. The van der Waals surface area contributed by atoms with E-state index in [2.05, 4.69) is 72.4 Å². The number of aromatic nitrogens is 1. The van der Waals surface area contributed by atoms with Gasteiger partial charge in [0.15, 0.2) is 0 Å². The zero-order chi connectivity index (χ0) is 23.7. The summed E-state index contributed by atoms with van der Waals surface area (Å²) in [5.41, 5.74) is 6.26. The monoisotopic (exact) mass is 455 g/mol. The van der Waals surface area contributed by atoms with Crippen molar-refractivity contribution in [3.05, 3.63) is 83.6 Å². The number of amides is 1. The number of allylic oxidation sites excluding steroid dienone is 1. The number of rotatable bonds is 6. The number of hydrogen-bond acceptors (Lipinski definition) is 2. The van der Waals surface area contributed by atoms with Crippen LogP contribution in [0.25, 0.3) is 10.9 Å². The van der Waals surface area contributed by atoms with Crippen LogP contribution in [0.3, 0.4) is 0 Å². The van der Waals surface area contributed by atoms with Gasteiger partial charge in [-0.2, -0.15) is 0 Å². The number of carbonyl (C=O) groups excluding carboxylic acids is 1. The molecule has 4 nitrogen and oxygen atoms in total. The van der Waals surface area contributed by atoms with E-state index < -0.39 is 0 Å². The van der Waals surface area contributed by atoms with Crippen LogP contribution in [0.2, 0.25) is 0 Å². The van der Waals surface area contributed by atoms with Gasteiger partial charge >= 0.3 is 0 Å². The lowest BCUT2D eigenvalue weighted by Gasteiger charge is -2.31. The minimum absolute atomic E-state index is 0.185. The number of nitrogens with zero attached hydrogens (tertiary/aromatic N) is 3. The fourth-order valence-corrected chi connectivity index (χ4v) is 5.80. The summed E-state index contributed by atoms with van der Waals surface area (Å²) in [6.45, 7) is 14.2. The first-order valence-corrected chi connectivity index (χ1v) is 12.9. The van der Waals surface area contributed by atoms with Crippen molar-refractivity contribution in [1.29, 1.82) is 0 Å². The van der Waals surface area contributed by atoms with Crippen LogP contribution in [0.5, 0.6) is 0 Å². The van der Waals surface area contributed by atoms with Gasteiger partial charge in [0, 0.05) is 67.8 Å². The van der Waals surface area contributed by atoms with Crippen molar-refractivity contribution >= 4 is 16.8 Å². The Balaban J connectivity index is 1.44. The standard InChI is InChI=1S/C30H37N3O/c1-4-15-33-28-11-10-25(30(34)32-17-12-22(2)13-18-32)19-26(28)27-21-31(16-14-29(27)33)20-23(3)24-8-6-5-7-9-24/h4-11,19,22-23H,1,12-18,20-21H2,2-3H3. The Hall–Kier alpha value is -2.85. The molecule has 1 unspecified atom stereocenters. The van der Waals surface area contributed by atoms with Gasteiger partial charge in [0.1, 0.15) is 0 Å². The van der Waals surface area contributed by atoms with Crippen molar-refractivity contribution in [2.75, 3.05) is 26.2 Å². The van der Waals surface area contributed by atoms with Gasteiger partial charge < -0.3 is 9.47 Å². The molecular weight excluding hydrogens is 418 g/mol. The maximum atomic E-state index is 13.3. The molecule has 0 aliphatic carbocycles. The van der Waals surface area contributed by atoms with Crippen LogP contribution in [-0.2, 0) is 19.5 Å². The molecule has 2 aliphatic rings. The van der Waals surface area contributed by atoms with E-state index in [1.165, 1.54) is 27.7 Å². The molecule has 4 heteroatoms. The molecule has 0 spiro atoms. The van der Waals surface area contributed by atoms with Crippen LogP contribution in [0, 0.1) is 5.92 Å². The van der Waals surface area contributed by atoms with Crippen LogP contribution < -0.4 is 0 Å². The van der Waals surface area contributed by atoms with E-state index in [0.717, 1.165) is 70.0 Å². The van der Waals surface area contributed by atoms with Crippen molar-refractivity contribution < 1.29 is 4.79 Å². The lowest BCUT2D eigenvalue weighted by molar-refractivity contribution is 0.0697. The fraction of sp³-hybridized carbons (Fsp3) is 0.433. The molecule has 0 radical (unpaired) electrons. The number of fused-ring (bicyclic) bond motifs is 3. The highest BCUT2D eigenvalue weighted by Crippen LogP contribution is 2.33. The third kappa shape index (κ3) is 4.44. The molecule has 0 bridgehead atoms. The molecular formula is C30H37N3O. The summed E-state index contributed by atoms with van der Waals surface area (Å²) >= 11 is 0. The molecule has 178 valence electrons. The van der Waals surface area contributed by atoms with Gasteiger partial charge in [-0.25, -0.2) is 0 Å². The Morgan fingerprint density at radius 3 is 2.62 bits per heavy atom. The van der Waals surface area contributed by atoms with Gasteiger partial charge in [0.2, 0.25) is 0 Å². The summed E-state index contributed by atoms with van der Waals surface area (Å²) in [6, 6.07) is 17.2. The number of likely N-dealkylation sites (tertiary alicyclic amines) is 1. The van der Waals surface area contributed by atoms with Crippen molar-refractivity contribution in [2.24, 2.45) is 5.92 Å². The number of hydrogen-bond donors (Lipinski definition) is 0. The molecule has 5 rings (SSSR count). The first-order chi connectivity index (χ1) is 16.5. The molecule has 1 atom stereocenters. The summed E-state index contributed by atoms with van der Waals surface area (Å²) in [6.07, 6.45) is 5.23. The molecule has 3 aromatic rings. The third-order valence-electron chi connectivity index (χ3n) is 7.86. The average Bonchev–Trinajstić information content (AvgIpc) is 3.17.